The lowest BCUT2D eigenvalue weighted by molar-refractivity contribution is -0.142. The molecule has 33 heavy (non-hydrogen) atoms. The van der Waals surface area contributed by atoms with E-state index in [4.69, 9.17) is 14.9 Å². The van der Waals surface area contributed by atoms with Crippen molar-refractivity contribution in [1.82, 2.24) is 9.78 Å². The average Bonchev–Trinajstić information content (AvgIpc) is 3.19. The van der Waals surface area contributed by atoms with Crippen molar-refractivity contribution < 1.29 is 19.7 Å². The number of carbonyl (C=O) groups is 1. The Morgan fingerprint density at radius 1 is 0.939 bits per heavy atom. The van der Waals surface area contributed by atoms with E-state index in [1.165, 1.54) is 0 Å². The Morgan fingerprint density at radius 3 is 2.15 bits per heavy atom. The fraction of sp³-hybridized carbons (Fsp3) is 0.407. The highest BCUT2D eigenvalue weighted by Crippen LogP contribution is 2.37. The standard InChI is InChI=1S/C27H32N2O4/c30-16-15-24-26(22-7-3-1-4-8-22)27(23-9-5-2-6-10-23)28-29(24)17-20-11-13-21(14-12-20)18-33-19-25(31)32/h1-10,20-21,30H,11-19H2,(H,31,32)/t20-,21+. The number of carboxylic acid groups (broad SMARTS) is 1. The Labute approximate surface area is 194 Å². The van der Waals surface area contributed by atoms with Crippen LogP contribution in [0.3, 0.4) is 0 Å². The summed E-state index contributed by atoms with van der Waals surface area (Å²) in [4.78, 5) is 10.7. The van der Waals surface area contributed by atoms with Gasteiger partial charge in [-0.1, -0.05) is 60.7 Å². The van der Waals surface area contributed by atoms with Crippen LogP contribution in [0.4, 0.5) is 0 Å². The molecule has 1 heterocycles. The predicted octanol–water partition coefficient (Wildman–Crippen LogP) is 4.66. The lowest BCUT2D eigenvalue weighted by Gasteiger charge is -2.28. The van der Waals surface area contributed by atoms with Crippen LogP contribution in [-0.4, -0.2) is 45.8 Å². The highest BCUT2D eigenvalue weighted by molar-refractivity contribution is 5.82. The Bertz CT molecular complexity index is 1030. The molecule has 0 unspecified atom stereocenters. The number of aliphatic hydroxyl groups excluding tert-OH is 1. The number of rotatable bonds is 10. The van der Waals surface area contributed by atoms with Crippen molar-refractivity contribution in [2.24, 2.45) is 11.8 Å². The fourth-order valence-electron chi connectivity index (χ4n) is 4.85. The first-order valence-corrected chi connectivity index (χ1v) is 11.8. The second kappa shape index (κ2) is 11.3. The van der Waals surface area contributed by atoms with Crippen molar-refractivity contribution in [3.63, 3.8) is 0 Å². The van der Waals surface area contributed by atoms with Gasteiger partial charge in [0.05, 0.1) is 6.61 Å². The summed E-state index contributed by atoms with van der Waals surface area (Å²) in [5, 5.41) is 23.7. The monoisotopic (exact) mass is 448 g/mol. The molecule has 4 rings (SSSR count). The first-order chi connectivity index (χ1) is 16.2. The summed E-state index contributed by atoms with van der Waals surface area (Å²) in [6.45, 7) is 1.20. The number of aromatic nitrogens is 2. The second-order valence-corrected chi connectivity index (χ2v) is 8.85. The van der Waals surface area contributed by atoms with Crippen LogP contribution >= 0.6 is 0 Å². The summed E-state index contributed by atoms with van der Waals surface area (Å²) < 4.78 is 7.43. The molecular formula is C27H32N2O4. The number of nitrogens with zero attached hydrogens (tertiary/aromatic N) is 2. The largest absolute Gasteiger partial charge is 0.480 e. The summed E-state index contributed by atoms with van der Waals surface area (Å²) in [6.07, 6.45) is 4.78. The molecule has 1 aliphatic rings. The average molecular weight is 449 g/mol. The quantitative estimate of drug-likeness (QED) is 0.471. The van der Waals surface area contributed by atoms with Crippen LogP contribution in [0.15, 0.2) is 60.7 Å². The molecule has 0 aliphatic heterocycles. The van der Waals surface area contributed by atoms with E-state index in [1.807, 2.05) is 36.4 Å². The van der Waals surface area contributed by atoms with Crippen molar-refractivity contribution in [3.8, 4) is 22.4 Å². The van der Waals surface area contributed by atoms with Crippen LogP contribution < -0.4 is 0 Å². The van der Waals surface area contributed by atoms with Gasteiger partial charge < -0.3 is 14.9 Å². The predicted molar refractivity (Wildman–Crippen MR) is 128 cm³/mol. The summed E-state index contributed by atoms with van der Waals surface area (Å²) in [5.41, 5.74) is 5.33. The minimum absolute atomic E-state index is 0.0768. The van der Waals surface area contributed by atoms with Gasteiger partial charge in [0.15, 0.2) is 0 Å². The summed E-state index contributed by atoms with van der Waals surface area (Å²) in [5.74, 6) is 0.0161. The number of benzene rings is 2. The third-order valence-electron chi connectivity index (χ3n) is 6.49. The Kier molecular flexibility index (Phi) is 7.92. The van der Waals surface area contributed by atoms with E-state index in [2.05, 4.69) is 28.9 Å². The van der Waals surface area contributed by atoms with Gasteiger partial charge >= 0.3 is 5.97 Å². The lowest BCUT2D eigenvalue weighted by Crippen LogP contribution is -2.24. The third kappa shape index (κ3) is 5.89. The zero-order chi connectivity index (χ0) is 23.0. The van der Waals surface area contributed by atoms with Crippen molar-refractivity contribution >= 4 is 5.97 Å². The number of hydrogen-bond donors (Lipinski definition) is 2. The van der Waals surface area contributed by atoms with Crippen molar-refractivity contribution in [2.45, 2.75) is 38.6 Å². The van der Waals surface area contributed by atoms with Crippen LogP contribution in [0.25, 0.3) is 22.4 Å². The first-order valence-electron chi connectivity index (χ1n) is 11.8. The van der Waals surface area contributed by atoms with Crippen molar-refractivity contribution in [1.29, 1.82) is 0 Å². The molecule has 2 aromatic carbocycles. The Balaban J connectivity index is 1.56. The maximum atomic E-state index is 10.7. The molecule has 0 radical (unpaired) electrons. The van der Waals surface area contributed by atoms with Gasteiger partial charge in [-0.25, -0.2) is 4.79 Å². The molecule has 1 aromatic heterocycles. The van der Waals surface area contributed by atoms with Crippen molar-refractivity contribution in [3.05, 3.63) is 66.4 Å². The molecule has 6 nitrogen and oxygen atoms in total. The van der Waals surface area contributed by atoms with Crippen molar-refractivity contribution in [2.75, 3.05) is 19.8 Å². The molecule has 2 N–H and O–H groups in total. The first kappa shape index (κ1) is 23.2. The van der Waals surface area contributed by atoms with Crippen LogP contribution in [0, 0.1) is 11.8 Å². The molecular weight excluding hydrogens is 416 g/mol. The Hall–Kier alpha value is -2.96. The van der Waals surface area contributed by atoms with Gasteiger partial charge in [-0.3, -0.25) is 4.68 Å². The van der Waals surface area contributed by atoms with E-state index in [0.717, 1.165) is 60.3 Å². The topological polar surface area (TPSA) is 84.6 Å². The molecule has 0 spiro atoms. The van der Waals surface area contributed by atoms with Crippen LogP contribution in [-0.2, 0) is 22.5 Å². The van der Waals surface area contributed by atoms with E-state index in [-0.39, 0.29) is 13.2 Å². The van der Waals surface area contributed by atoms with Gasteiger partial charge in [0.25, 0.3) is 0 Å². The SMILES string of the molecule is O=C(O)COC[C@H]1CC[C@@H](Cn2nc(-c3ccccc3)c(-c3ccccc3)c2CCO)CC1. The van der Waals surface area contributed by atoms with E-state index >= 15 is 0 Å². The number of carboxylic acids is 1. The Morgan fingerprint density at radius 2 is 1.55 bits per heavy atom. The second-order valence-electron chi connectivity index (χ2n) is 8.85. The molecule has 3 aromatic rings. The molecule has 6 heteroatoms. The number of aliphatic carboxylic acids is 1. The summed E-state index contributed by atoms with van der Waals surface area (Å²) in [7, 11) is 0. The maximum absolute atomic E-state index is 10.7. The highest BCUT2D eigenvalue weighted by Gasteiger charge is 2.25. The normalized spacial score (nSPS) is 18.3. The van der Waals surface area contributed by atoms with E-state index in [9.17, 15) is 9.90 Å². The van der Waals surface area contributed by atoms with E-state index in [1.54, 1.807) is 0 Å². The van der Waals surface area contributed by atoms with Crippen LogP contribution in [0.1, 0.15) is 31.4 Å². The molecule has 0 saturated heterocycles. The number of aliphatic hydroxyl groups is 1. The molecule has 1 fully saturated rings. The van der Waals surface area contributed by atoms with Gasteiger partial charge in [0, 0.05) is 36.4 Å². The van der Waals surface area contributed by atoms with E-state index in [0.29, 0.717) is 24.9 Å². The van der Waals surface area contributed by atoms with Crippen LogP contribution in [0.5, 0.6) is 0 Å². The van der Waals surface area contributed by atoms with Crippen LogP contribution in [0.2, 0.25) is 0 Å². The molecule has 174 valence electrons. The molecule has 0 bridgehead atoms. The molecule has 1 aliphatic carbocycles. The fourth-order valence-corrected chi connectivity index (χ4v) is 4.85. The zero-order valence-corrected chi connectivity index (χ0v) is 18.9. The smallest absolute Gasteiger partial charge is 0.329 e. The minimum Gasteiger partial charge on any atom is -0.480 e. The summed E-state index contributed by atoms with van der Waals surface area (Å²) >= 11 is 0. The van der Waals surface area contributed by atoms with Gasteiger partial charge in [0.1, 0.15) is 12.3 Å². The van der Waals surface area contributed by atoms with Gasteiger partial charge in [0.2, 0.25) is 0 Å². The van der Waals surface area contributed by atoms with Gasteiger partial charge in [-0.05, 0) is 43.1 Å². The van der Waals surface area contributed by atoms with E-state index < -0.39 is 5.97 Å². The third-order valence-corrected chi connectivity index (χ3v) is 6.49. The number of ether oxygens (including phenoxy) is 1. The highest BCUT2D eigenvalue weighted by atomic mass is 16.5. The lowest BCUT2D eigenvalue weighted by atomic mass is 9.82. The molecule has 1 saturated carbocycles. The summed E-state index contributed by atoms with van der Waals surface area (Å²) in [6, 6.07) is 20.6. The number of hydrogen-bond acceptors (Lipinski definition) is 4. The van der Waals surface area contributed by atoms with Gasteiger partial charge in [-0.2, -0.15) is 5.10 Å². The molecule has 0 amide bonds. The molecule has 0 atom stereocenters. The maximum Gasteiger partial charge on any atom is 0.329 e. The van der Waals surface area contributed by atoms with Gasteiger partial charge in [-0.15, -0.1) is 0 Å². The zero-order valence-electron chi connectivity index (χ0n) is 18.9. The minimum atomic E-state index is -0.915.